The van der Waals surface area contributed by atoms with Crippen LogP contribution >= 0.6 is 11.6 Å². The van der Waals surface area contributed by atoms with Crippen molar-refractivity contribution in [2.45, 2.75) is 26.8 Å². The second-order valence-corrected chi connectivity index (χ2v) is 5.64. The Bertz CT molecular complexity index is 602. The number of anilines is 1. The van der Waals surface area contributed by atoms with Gasteiger partial charge in [-0.3, -0.25) is 0 Å². The first-order valence-electron chi connectivity index (χ1n) is 6.97. The minimum absolute atomic E-state index is 0.461. The Morgan fingerprint density at radius 2 is 2.00 bits per heavy atom. The van der Waals surface area contributed by atoms with Gasteiger partial charge in [-0.1, -0.05) is 43.6 Å². The van der Waals surface area contributed by atoms with Gasteiger partial charge < -0.3 is 10.1 Å². The highest BCUT2D eigenvalue weighted by atomic mass is 35.5. The van der Waals surface area contributed by atoms with Crippen molar-refractivity contribution < 1.29 is 4.74 Å². The zero-order valence-electron chi connectivity index (χ0n) is 12.6. The van der Waals surface area contributed by atoms with Crippen molar-refractivity contribution in [2.24, 2.45) is 5.92 Å². The maximum absolute atomic E-state index is 6.06. The van der Waals surface area contributed by atoms with Crippen LogP contribution in [0.1, 0.15) is 25.2 Å². The predicted octanol–water partition coefficient (Wildman–Crippen LogP) is 3.95. The normalized spacial score (nSPS) is 10.7. The van der Waals surface area contributed by atoms with Crippen LogP contribution in [0.4, 0.5) is 5.82 Å². The molecule has 4 nitrogen and oxygen atoms in total. The molecular weight excluding hydrogens is 286 g/mol. The van der Waals surface area contributed by atoms with Gasteiger partial charge in [-0.25, -0.2) is 9.97 Å². The van der Waals surface area contributed by atoms with Gasteiger partial charge in [0.05, 0.1) is 7.11 Å². The van der Waals surface area contributed by atoms with Crippen LogP contribution in [-0.2, 0) is 13.0 Å². The first-order valence-corrected chi connectivity index (χ1v) is 7.35. The maximum atomic E-state index is 6.06. The molecule has 0 amide bonds. The number of nitrogens with one attached hydrogen (secondary N) is 1. The third-order valence-corrected chi connectivity index (χ3v) is 3.18. The van der Waals surface area contributed by atoms with Crippen LogP contribution in [0.25, 0.3) is 0 Å². The number of para-hydroxylation sites is 1. The van der Waals surface area contributed by atoms with Crippen LogP contribution < -0.4 is 10.1 Å². The lowest BCUT2D eigenvalue weighted by Crippen LogP contribution is -2.07. The molecule has 0 saturated carbocycles. The summed E-state index contributed by atoms with van der Waals surface area (Å²) in [5.41, 5.74) is 1.07. The van der Waals surface area contributed by atoms with E-state index in [0.717, 1.165) is 29.4 Å². The molecule has 1 aromatic carbocycles. The molecule has 2 rings (SSSR count). The third-order valence-electron chi connectivity index (χ3n) is 2.98. The summed E-state index contributed by atoms with van der Waals surface area (Å²) in [6.07, 6.45) is 0.809. The van der Waals surface area contributed by atoms with E-state index in [4.69, 9.17) is 16.3 Å². The summed E-state index contributed by atoms with van der Waals surface area (Å²) in [6.45, 7) is 4.89. The van der Waals surface area contributed by atoms with Crippen molar-refractivity contribution in [1.29, 1.82) is 0 Å². The van der Waals surface area contributed by atoms with Crippen molar-refractivity contribution in [2.75, 3.05) is 12.4 Å². The molecule has 5 heteroatoms. The summed E-state index contributed by atoms with van der Waals surface area (Å²) in [4.78, 5) is 8.75. The Hall–Kier alpha value is -1.81. The van der Waals surface area contributed by atoms with Gasteiger partial charge in [-0.15, -0.1) is 0 Å². The van der Waals surface area contributed by atoms with E-state index < -0.39 is 0 Å². The van der Waals surface area contributed by atoms with E-state index in [1.807, 2.05) is 24.3 Å². The van der Waals surface area contributed by atoms with Crippen LogP contribution in [0.3, 0.4) is 0 Å². The van der Waals surface area contributed by atoms with E-state index in [9.17, 15) is 0 Å². The highest BCUT2D eigenvalue weighted by molar-refractivity contribution is 6.29. The number of methoxy groups -OCH3 is 1. The minimum atomic E-state index is 0.461. The molecule has 0 saturated heterocycles. The van der Waals surface area contributed by atoms with Gasteiger partial charge in [0.15, 0.2) is 0 Å². The molecule has 0 aliphatic rings. The van der Waals surface area contributed by atoms with Gasteiger partial charge in [0.25, 0.3) is 0 Å². The Morgan fingerprint density at radius 3 is 2.71 bits per heavy atom. The lowest BCUT2D eigenvalue weighted by Gasteiger charge is -2.11. The van der Waals surface area contributed by atoms with Gasteiger partial charge in [0, 0.05) is 24.6 Å². The first kappa shape index (κ1) is 15.6. The lowest BCUT2D eigenvalue weighted by molar-refractivity contribution is 0.410. The highest BCUT2D eigenvalue weighted by Gasteiger charge is 2.07. The molecule has 1 N–H and O–H groups in total. The number of nitrogens with zero attached hydrogens (tertiary/aromatic N) is 2. The van der Waals surface area contributed by atoms with Crippen LogP contribution in [0.15, 0.2) is 30.3 Å². The molecule has 0 aliphatic heterocycles. The Kier molecular flexibility index (Phi) is 5.39. The van der Waals surface area contributed by atoms with E-state index >= 15 is 0 Å². The summed E-state index contributed by atoms with van der Waals surface area (Å²) < 4.78 is 5.34. The van der Waals surface area contributed by atoms with Crippen molar-refractivity contribution in [3.05, 3.63) is 46.9 Å². The van der Waals surface area contributed by atoms with E-state index in [0.29, 0.717) is 17.6 Å². The number of hydrogen-bond acceptors (Lipinski definition) is 4. The van der Waals surface area contributed by atoms with Gasteiger partial charge >= 0.3 is 0 Å². The minimum Gasteiger partial charge on any atom is -0.496 e. The molecule has 0 spiro atoms. The number of aromatic nitrogens is 2. The molecule has 0 atom stereocenters. The average molecular weight is 306 g/mol. The smallest absolute Gasteiger partial charge is 0.134 e. The zero-order valence-corrected chi connectivity index (χ0v) is 13.3. The number of benzene rings is 1. The fourth-order valence-electron chi connectivity index (χ4n) is 2.05. The first-order chi connectivity index (χ1) is 10.1. The number of halogens is 1. The molecule has 0 aliphatic carbocycles. The average Bonchev–Trinajstić information content (AvgIpc) is 2.44. The van der Waals surface area contributed by atoms with Crippen LogP contribution in [0.2, 0.25) is 5.15 Å². The van der Waals surface area contributed by atoms with Crippen molar-refractivity contribution in [1.82, 2.24) is 9.97 Å². The van der Waals surface area contributed by atoms with E-state index in [-0.39, 0.29) is 0 Å². The number of rotatable bonds is 6. The summed E-state index contributed by atoms with van der Waals surface area (Å²) in [7, 11) is 1.67. The van der Waals surface area contributed by atoms with Gasteiger partial charge in [-0.05, 0) is 12.0 Å². The largest absolute Gasteiger partial charge is 0.496 e. The molecule has 112 valence electrons. The third kappa shape index (κ3) is 4.60. The predicted molar refractivity (Wildman–Crippen MR) is 85.9 cm³/mol. The summed E-state index contributed by atoms with van der Waals surface area (Å²) in [6, 6.07) is 9.62. The maximum Gasteiger partial charge on any atom is 0.134 e. The molecular formula is C16H20ClN3O. The van der Waals surface area contributed by atoms with Crippen molar-refractivity contribution in [3.8, 4) is 5.75 Å². The van der Waals surface area contributed by atoms with Crippen molar-refractivity contribution in [3.63, 3.8) is 0 Å². The van der Waals surface area contributed by atoms with E-state index in [2.05, 4.69) is 29.1 Å². The summed E-state index contributed by atoms with van der Waals surface area (Å²) in [5, 5.41) is 3.74. The zero-order chi connectivity index (χ0) is 15.2. The van der Waals surface area contributed by atoms with Gasteiger partial charge in [0.2, 0.25) is 0 Å². The molecule has 0 unspecified atom stereocenters. The van der Waals surface area contributed by atoms with Crippen LogP contribution in [0, 0.1) is 5.92 Å². The van der Waals surface area contributed by atoms with E-state index in [1.165, 1.54) is 0 Å². The molecule has 1 aromatic heterocycles. The van der Waals surface area contributed by atoms with Crippen molar-refractivity contribution >= 4 is 17.4 Å². The lowest BCUT2D eigenvalue weighted by atomic mass is 10.1. The second-order valence-electron chi connectivity index (χ2n) is 5.26. The Morgan fingerprint density at radius 1 is 1.24 bits per heavy atom. The SMILES string of the molecule is COc1ccccc1CNc1cc(Cl)nc(CC(C)C)n1. The molecule has 0 radical (unpaired) electrons. The summed E-state index contributed by atoms with van der Waals surface area (Å²) in [5.74, 6) is 2.84. The molecule has 21 heavy (non-hydrogen) atoms. The topological polar surface area (TPSA) is 47.0 Å². The monoisotopic (exact) mass is 305 g/mol. The van der Waals surface area contributed by atoms with Gasteiger partial charge in [0.1, 0.15) is 22.5 Å². The molecule has 0 fully saturated rings. The van der Waals surface area contributed by atoms with Gasteiger partial charge in [-0.2, -0.15) is 0 Å². The van der Waals surface area contributed by atoms with E-state index in [1.54, 1.807) is 13.2 Å². The molecule has 0 bridgehead atoms. The quantitative estimate of drug-likeness (QED) is 0.821. The van der Waals surface area contributed by atoms with Crippen LogP contribution in [-0.4, -0.2) is 17.1 Å². The van der Waals surface area contributed by atoms with Crippen LogP contribution in [0.5, 0.6) is 5.75 Å². The second kappa shape index (κ2) is 7.27. The molecule has 2 aromatic rings. The standard InChI is InChI=1S/C16H20ClN3O/c1-11(2)8-16-19-14(17)9-15(20-16)18-10-12-6-4-5-7-13(12)21-3/h4-7,9,11H,8,10H2,1-3H3,(H,18,19,20). The highest BCUT2D eigenvalue weighted by Crippen LogP contribution is 2.19. The fourth-order valence-corrected chi connectivity index (χ4v) is 2.25. The fraction of sp³-hybridized carbons (Fsp3) is 0.375. The number of ether oxygens (including phenoxy) is 1. The molecule has 1 heterocycles. The summed E-state index contributed by atoms with van der Waals surface area (Å²) >= 11 is 6.06. The number of hydrogen-bond donors (Lipinski definition) is 1. The Balaban J connectivity index is 2.10. The Labute approximate surface area is 130 Å².